The third kappa shape index (κ3) is 7.29. The molecule has 5 atom stereocenters. The Morgan fingerprint density at radius 2 is 1.97 bits per heavy atom. The highest BCUT2D eigenvalue weighted by Crippen LogP contribution is 2.34. The van der Waals surface area contributed by atoms with Gasteiger partial charge in [-0.25, -0.2) is 13.8 Å². The number of anilines is 1. The van der Waals surface area contributed by atoms with E-state index in [4.69, 9.17) is 17.1 Å². The van der Waals surface area contributed by atoms with E-state index in [0.717, 1.165) is 39.1 Å². The van der Waals surface area contributed by atoms with Crippen molar-refractivity contribution in [2.24, 2.45) is 11.4 Å². The molecule has 2 heterocycles. The van der Waals surface area contributed by atoms with E-state index in [1.54, 1.807) is 22.9 Å². The Balaban J connectivity index is 1.74. The molecule has 2 aromatic heterocycles. The molecule has 0 amide bonds. The van der Waals surface area contributed by atoms with Crippen molar-refractivity contribution in [1.82, 2.24) is 14.5 Å². The van der Waals surface area contributed by atoms with E-state index < -0.39 is 6.30 Å². The lowest BCUT2D eigenvalue weighted by molar-refractivity contribution is 0.191. The second-order valence-electron chi connectivity index (χ2n) is 8.37. The minimum absolute atomic E-state index is 0.0505. The summed E-state index contributed by atoms with van der Waals surface area (Å²) in [6.45, 7) is 6.15. The fraction of sp³-hybridized carbons (Fsp3) is 0.478. The maximum Gasteiger partial charge on any atom is 0.226 e. The van der Waals surface area contributed by atoms with Gasteiger partial charge in [0.1, 0.15) is 17.3 Å². The van der Waals surface area contributed by atoms with Crippen LogP contribution < -0.4 is 10.8 Å². The average molecular weight is 514 g/mol. The highest BCUT2D eigenvalue weighted by atomic mass is 35.5. The van der Waals surface area contributed by atoms with Gasteiger partial charge in [0.2, 0.25) is 5.28 Å². The first-order valence-electron chi connectivity index (χ1n) is 11.1. The van der Waals surface area contributed by atoms with Gasteiger partial charge in [0.15, 0.2) is 6.30 Å². The van der Waals surface area contributed by atoms with E-state index in [9.17, 15) is 4.39 Å². The van der Waals surface area contributed by atoms with Crippen LogP contribution in [0, 0.1) is 11.7 Å². The molecule has 0 saturated heterocycles. The predicted molar refractivity (Wildman–Crippen MR) is 139 cm³/mol. The number of aromatic nitrogens is 3. The number of halogens is 3. The molecule has 0 saturated carbocycles. The first kappa shape index (κ1) is 26.2. The molecule has 0 spiro atoms. The second-order valence-corrected chi connectivity index (χ2v) is 12.5. The van der Waals surface area contributed by atoms with Crippen LogP contribution in [-0.2, 0) is 0 Å². The Hall–Kier alpha value is -1.39. The highest BCUT2D eigenvalue weighted by Gasteiger charge is 2.21. The zero-order chi connectivity index (χ0) is 24.0. The van der Waals surface area contributed by atoms with Gasteiger partial charge < -0.3 is 15.4 Å². The molecular formula is C23H32ClF2N5P2. The van der Waals surface area contributed by atoms with E-state index in [1.807, 2.05) is 13.0 Å². The van der Waals surface area contributed by atoms with Crippen LogP contribution in [0.1, 0.15) is 51.0 Å². The molecule has 0 radical (unpaired) electrons. The van der Waals surface area contributed by atoms with Crippen LogP contribution >= 0.6 is 28.3 Å². The van der Waals surface area contributed by atoms with E-state index in [2.05, 4.69) is 28.9 Å². The molecule has 180 valence electrons. The average Bonchev–Trinajstić information content (AvgIpc) is 3.20. The van der Waals surface area contributed by atoms with Crippen molar-refractivity contribution in [3.8, 4) is 0 Å². The van der Waals surface area contributed by atoms with E-state index >= 15 is 4.39 Å². The summed E-state index contributed by atoms with van der Waals surface area (Å²) in [6.07, 6.45) is 4.00. The van der Waals surface area contributed by atoms with Gasteiger partial charge in [-0.3, -0.25) is 0 Å². The van der Waals surface area contributed by atoms with Gasteiger partial charge in [-0.15, -0.1) is 8.58 Å². The van der Waals surface area contributed by atoms with Gasteiger partial charge in [-0.2, -0.15) is 4.98 Å². The number of nitrogens with two attached hydrogens (primary N) is 1. The summed E-state index contributed by atoms with van der Waals surface area (Å²) in [5.41, 5.74) is 7.27. The molecule has 3 aromatic rings. The van der Waals surface area contributed by atoms with Crippen molar-refractivity contribution in [3.63, 3.8) is 0 Å². The smallest absolute Gasteiger partial charge is 0.226 e. The fourth-order valence-corrected chi connectivity index (χ4v) is 6.64. The monoisotopic (exact) mass is 513 g/mol. The zero-order valence-corrected chi connectivity index (χ0v) is 21.9. The third-order valence-corrected chi connectivity index (χ3v) is 9.47. The minimum atomic E-state index is -1.19. The van der Waals surface area contributed by atoms with Gasteiger partial charge in [0.05, 0.1) is 5.39 Å². The molecule has 5 nitrogen and oxygen atoms in total. The van der Waals surface area contributed by atoms with Crippen molar-refractivity contribution < 1.29 is 8.78 Å². The lowest BCUT2D eigenvalue weighted by Crippen LogP contribution is -2.12. The number of benzene rings is 1. The maximum atomic E-state index is 15.4. The van der Waals surface area contributed by atoms with Crippen LogP contribution in [0.25, 0.3) is 11.0 Å². The normalized spacial score (nSPS) is 15.7. The Kier molecular flexibility index (Phi) is 9.81. The number of alkyl halides is 1. The van der Waals surface area contributed by atoms with Crippen LogP contribution in [0.3, 0.4) is 0 Å². The van der Waals surface area contributed by atoms with E-state index in [1.165, 1.54) is 12.1 Å². The van der Waals surface area contributed by atoms with Crippen LogP contribution in [0.2, 0.25) is 5.28 Å². The maximum absolute atomic E-state index is 15.4. The first-order valence-corrected chi connectivity index (χ1v) is 15.0. The van der Waals surface area contributed by atoms with Crippen LogP contribution in [0.4, 0.5) is 14.6 Å². The van der Waals surface area contributed by atoms with Gasteiger partial charge in [0, 0.05) is 18.7 Å². The SMILES string of the molecule is CCC(CCPCP(C)N)CC(F)n1ccc2c(NC(C)c3ccc(F)cc3)nc(Cl)nc21. The summed E-state index contributed by atoms with van der Waals surface area (Å²) in [4.78, 5) is 8.64. The number of nitrogens with zero attached hydrogens (tertiary/aromatic N) is 3. The Morgan fingerprint density at radius 1 is 1.24 bits per heavy atom. The summed E-state index contributed by atoms with van der Waals surface area (Å²) in [5, 5.41) is 4.06. The molecule has 0 aliphatic heterocycles. The molecule has 3 N–H and O–H groups in total. The lowest BCUT2D eigenvalue weighted by Gasteiger charge is -2.20. The summed E-state index contributed by atoms with van der Waals surface area (Å²) in [7, 11) is 0.504. The molecule has 0 fully saturated rings. The Bertz CT molecular complexity index is 1030. The summed E-state index contributed by atoms with van der Waals surface area (Å²) >= 11 is 6.20. The number of nitrogens with one attached hydrogen (secondary N) is 1. The standard InChI is InChI=1S/C23H32ClF2N5P2/c1-4-16(10-12-32-14-33(3)27)13-20(26)31-11-9-19-21(29-23(24)30-22(19)31)28-15(2)17-5-7-18(25)8-6-17/h5-9,11,15-16,20,32H,4,10,12-14,27H2,1-3H3,(H,28,29,30). The van der Waals surface area contributed by atoms with Crippen LogP contribution in [-0.4, -0.2) is 33.3 Å². The van der Waals surface area contributed by atoms with Crippen LogP contribution in [0.15, 0.2) is 36.5 Å². The van der Waals surface area contributed by atoms with Crippen molar-refractivity contribution in [2.75, 3.05) is 24.0 Å². The molecule has 33 heavy (non-hydrogen) atoms. The first-order chi connectivity index (χ1) is 15.8. The number of fused-ring (bicyclic) bond motifs is 1. The molecule has 5 unspecified atom stereocenters. The molecule has 3 rings (SSSR count). The Labute approximate surface area is 202 Å². The summed E-state index contributed by atoms with van der Waals surface area (Å²) in [5.74, 6) is 1.64. The van der Waals surface area contributed by atoms with Crippen LogP contribution in [0.5, 0.6) is 0 Å². The number of hydrogen-bond donors (Lipinski definition) is 2. The van der Waals surface area contributed by atoms with Crippen molar-refractivity contribution >= 4 is 45.1 Å². The van der Waals surface area contributed by atoms with Gasteiger partial charge in [-0.1, -0.05) is 25.5 Å². The van der Waals surface area contributed by atoms with Gasteiger partial charge in [0.25, 0.3) is 0 Å². The third-order valence-electron chi connectivity index (χ3n) is 5.77. The van der Waals surface area contributed by atoms with E-state index in [0.29, 0.717) is 29.2 Å². The molecule has 0 aliphatic carbocycles. The number of hydrogen-bond acceptors (Lipinski definition) is 4. The molecule has 10 heteroatoms. The Morgan fingerprint density at radius 3 is 2.64 bits per heavy atom. The number of rotatable bonds is 12. The van der Waals surface area contributed by atoms with Crippen molar-refractivity contribution in [3.05, 3.63) is 53.2 Å². The second kappa shape index (κ2) is 12.4. The fourth-order valence-electron chi connectivity index (χ4n) is 3.82. The van der Waals surface area contributed by atoms with E-state index in [-0.39, 0.29) is 25.2 Å². The zero-order valence-electron chi connectivity index (χ0n) is 19.2. The minimum Gasteiger partial charge on any atom is -0.363 e. The van der Waals surface area contributed by atoms with Gasteiger partial charge in [-0.05, 0) is 81.4 Å². The molecular weight excluding hydrogens is 482 g/mol. The highest BCUT2D eigenvalue weighted by molar-refractivity contribution is 7.65. The van der Waals surface area contributed by atoms with Gasteiger partial charge >= 0.3 is 0 Å². The largest absolute Gasteiger partial charge is 0.363 e. The molecule has 0 bridgehead atoms. The van der Waals surface area contributed by atoms with Crippen molar-refractivity contribution in [1.29, 1.82) is 0 Å². The topological polar surface area (TPSA) is 68.8 Å². The molecule has 1 aromatic carbocycles. The quantitative estimate of drug-likeness (QED) is 0.151. The van der Waals surface area contributed by atoms with Crippen molar-refractivity contribution in [2.45, 2.75) is 45.4 Å². The summed E-state index contributed by atoms with van der Waals surface area (Å²) in [6, 6.07) is 7.94. The lowest BCUT2D eigenvalue weighted by atomic mass is 9.99. The summed E-state index contributed by atoms with van der Waals surface area (Å²) < 4.78 is 30.2. The molecule has 0 aliphatic rings. The predicted octanol–water partition coefficient (Wildman–Crippen LogP) is 7.29.